The fourth-order valence-electron chi connectivity index (χ4n) is 3.75. The lowest BCUT2D eigenvalue weighted by Gasteiger charge is -2.36. The summed E-state index contributed by atoms with van der Waals surface area (Å²) in [5.41, 5.74) is 1.46. The number of amidine groups is 1. The quantitative estimate of drug-likeness (QED) is 0.594. The maximum absolute atomic E-state index is 14.9. The molecule has 1 unspecified atom stereocenters. The van der Waals surface area contributed by atoms with Crippen molar-refractivity contribution < 1.29 is 23.1 Å². The lowest BCUT2D eigenvalue weighted by molar-refractivity contribution is -0.139. The van der Waals surface area contributed by atoms with Crippen molar-refractivity contribution in [1.29, 1.82) is 0 Å². The predicted octanol–water partition coefficient (Wildman–Crippen LogP) is 5.13. The molecule has 1 amide bonds. The maximum Gasteiger partial charge on any atom is 0.338 e. The molecular formula is C24H21F2N3O3S. The second kappa shape index (κ2) is 9.58. The summed E-state index contributed by atoms with van der Waals surface area (Å²) in [4.78, 5) is 31.7. The molecule has 0 aliphatic carbocycles. The van der Waals surface area contributed by atoms with E-state index in [1.807, 2.05) is 0 Å². The van der Waals surface area contributed by atoms with E-state index >= 15 is 0 Å². The second-order valence-electron chi connectivity index (χ2n) is 7.34. The van der Waals surface area contributed by atoms with Crippen molar-refractivity contribution in [3.63, 3.8) is 0 Å². The van der Waals surface area contributed by atoms with E-state index in [0.29, 0.717) is 16.6 Å². The van der Waals surface area contributed by atoms with Crippen LogP contribution in [0, 0.1) is 11.6 Å². The number of para-hydroxylation sites is 1. The van der Waals surface area contributed by atoms with Gasteiger partial charge in [-0.15, -0.1) is 0 Å². The minimum Gasteiger partial charge on any atom is -0.463 e. The molecule has 2 aromatic rings. The topological polar surface area (TPSA) is 71.0 Å². The van der Waals surface area contributed by atoms with Crippen molar-refractivity contribution in [2.24, 2.45) is 4.99 Å². The molecule has 0 saturated heterocycles. The van der Waals surface area contributed by atoms with Gasteiger partial charge in [0.2, 0.25) is 5.91 Å². The third-order valence-electron chi connectivity index (χ3n) is 5.19. The van der Waals surface area contributed by atoms with Crippen LogP contribution in [-0.4, -0.2) is 28.6 Å². The van der Waals surface area contributed by atoms with Gasteiger partial charge in [0.1, 0.15) is 11.6 Å². The first-order chi connectivity index (χ1) is 15.9. The van der Waals surface area contributed by atoms with Gasteiger partial charge >= 0.3 is 5.97 Å². The molecule has 33 heavy (non-hydrogen) atoms. The molecule has 9 heteroatoms. The Hall–Kier alpha value is -3.46. The van der Waals surface area contributed by atoms with Crippen molar-refractivity contribution in [3.05, 3.63) is 88.1 Å². The summed E-state index contributed by atoms with van der Waals surface area (Å²) >= 11 is 1.27. The first-order valence-corrected chi connectivity index (χ1v) is 11.2. The van der Waals surface area contributed by atoms with E-state index in [9.17, 15) is 18.4 Å². The van der Waals surface area contributed by atoms with E-state index in [-0.39, 0.29) is 29.9 Å². The van der Waals surface area contributed by atoms with Crippen molar-refractivity contribution in [2.45, 2.75) is 26.3 Å². The minimum atomic E-state index is -0.861. The molecule has 2 aliphatic rings. The molecule has 1 atom stereocenters. The molecule has 4 rings (SSSR count). The van der Waals surface area contributed by atoms with Gasteiger partial charge in [0.15, 0.2) is 5.17 Å². The minimum absolute atomic E-state index is 0.0647. The third kappa shape index (κ3) is 4.54. The van der Waals surface area contributed by atoms with Crippen molar-refractivity contribution in [2.75, 3.05) is 11.9 Å². The highest BCUT2D eigenvalue weighted by molar-refractivity contribution is 8.16. The maximum atomic E-state index is 14.9. The largest absolute Gasteiger partial charge is 0.463 e. The fraction of sp³-hybridized carbons (Fsp3) is 0.208. The molecule has 2 aromatic carbocycles. The Morgan fingerprint density at radius 2 is 1.82 bits per heavy atom. The van der Waals surface area contributed by atoms with E-state index < -0.39 is 29.6 Å². The highest BCUT2D eigenvalue weighted by Crippen LogP contribution is 2.45. The van der Waals surface area contributed by atoms with Gasteiger partial charge in [-0.2, -0.15) is 0 Å². The summed E-state index contributed by atoms with van der Waals surface area (Å²) < 4.78 is 34.1. The Bertz CT molecular complexity index is 1210. The highest BCUT2D eigenvalue weighted by Gasteiger charge is 2.42. The van der Waals surface area contributed by atoms with Crippen molar-refractivity contribution in [3.8, 4) is 0 Å². The number of fused-ring (bicyclic) bond motifs is 1. The van der Waals surface area contributed by atoms with Gasteiger partial charge in [0, 0.05) is 11.3 Å². The van der Waals surface area contributed by atoms with Crippen LogP contribution in [0.2, 0.25) is 0 Å². The predicted molar refractivity (Wildman–Crippen MR) is 123 cm³/mol. The summed E-state index contributed by atoms with van der Waals surface area (Å²) in [6.45, 7) is 3.51. The van der Waals surface area contributed by atoms with Gasteiger partial charge in [0.05, 0.1) is 36.0 Å². The van der Waals surface area contributed by atoms with Crippen LogP contribution in [0.4, 0.5) is 14.5 Å². The molecular weight excluding hydrogens is 448 g/mol. The van der Waals surface area contributed by atoms with Crippen molar-refractivity contribution in [1.82, 2.24) is 4.90 Å². The Morgan fingerprint density at radius 3 is 2.52 bits per heavy atom. The number of ether oxygens (including phenoxy) is 1. The smallest absolute Gasteiger partial charge is 0.338 e. The van der Waals surface area contributed by atoms with E-state index in [2.05, 4.69) is 10.3 Å². The Balaban J connectivity index is 1.69. The Labute approximate surface area is 194 Å². The van der Waals surface area contributed by atoms with Gasteiger partial charge in [-0.1, -0.05) is 42.1 Å². The molecule has 1 N–H and O–H groups in total. The molecule has 0 spiro atoms. The number of nitrogens with one attached hydrogen (secondary N) is 1. The molecule has 0 saturated carbocycles. The Morgan fingerprint density at radius 1 is 1.12 bits per heavy atom. The van der Waals surface area contributed by atoms with E-state index in [1.165, 1.54) is 36.0 Å². The SMILES string of the molecule is CCOC(=O)C1=C(C)N=C2SC=C(CC(=O)Nc3ccccc3F)N2C1c1ccccc1F. The van der Waals surface area contributed by atoms with Crippen LogP contribution in [-0.2, 0) is 14.3 Å². The number of amides is 1. The van der Waals surface area contributed by atoms with Crippen LogP contribution >= 0.6 is 11.8 Å². The number of hydrogen-bond acceptors (Lipinski definition) is 6. The van der Waals surface area contributed by atoms with Gasteiger partial charge in [-0.3, -0.25) is 4.79 Å². The zero-order valence-corrected chi connectivity index (χ0v) is 18.8. The summed E-state index contributed by atoms with van der Waals surface area (Å²) in [6, 6.07) is 11.2. The number of benzene rings is 2. The number of aliphatic imine (C=N–C) groups is 1. The van der Waals surface area contributed by atoms with Crippen LogP contribution in [0.3, 0.4) is 0 Å². The zero-order valence-electron chi connectivity index (χ0n) is 18.0. The lowest BCUT2D eigenvalue weighted by Crippen LogP contribution is -2.38. The number of anilines is 1. The van der Waals surface area contributed by atoms with Crippen LogP contribution in [0.5, 0.6) is 0 Å². The number of carbonyl (C=O) groups excluding carboxylic acids is 2. The zero-order chi connectivity index (χ0) is 23.5. The van der Waals surface area contributed by atoms with Gasteiger partial charge in [-0.25, -0.2) is 18.6 Å². The average Bonchev–Trinajstić information content (AvgIpc) is 3.17. The van der Waals surface area contributed by atoms with E-state index in [0.717, 1.165) is 0 Å². The standard InChI is InChI=1S/C24H21F2N3O3S/c1-3-32-23(31)21-14(2)27-24-29(22(21)16-8-4-5-9-17(16)25)15(13-33-24)12-20(30)28-19-11-7-6-10-18(19)26/h4-11,13,22H,3,12H2,1-2H3,(H,28,30). The first kappa shape index (κ1) is 22.7. The molecule has 0 fully saturated rings. The Kier molecular flexibility index (Phi) is 6.60. The van der Waals surface area contributed by atoms with Crippen LogP contribution in [0.25, 0.3) is 0 Å². The van der Waals surface area contributed by atoms with Gasteiger partial charge in [-0.05, 0) is 37.5 Å². The number of halogens is 2. The van der Waals surface area contributed by atoms with E-state index in [1.54, 1.807) is 48.4 Å². The number of nitrogens with zero attached hydrogens (tertiary/aromatic N) is 2. The molecule has 170 valence electrons. The lowest BCUT2D eigenvalue weighted by atomic mass is 9.93. The fourth-order valence-corrected chi connectivity index (χ4v) is 4.72. The third-order valence-corrected chi connectivity index (χ3v) is 6.07. The summed E-state index contributed by atoms with van der Waals surface area (Å²) in [5.74, 6) is -2.10. The number of thioether (sulfide) groups is 1. The number of carbonyl (C=O) groups is 2. The molecule has 6 nitrogen and oxygen atoms in total. The van der Waals surface area contributed by atoms with Crippen LogP contribution in [0.1, 0.15) is 31.9 Å². The normalized spacial score (nSPS) is 17.3. The summed E-state index contributed by atoms with van der Waals surface area (Å²) in [6.07, 6.45) is -0.125. The first-order valence-electron chi connectivity index (χ1n) is 10.3. The molecule has 0 bridgehead atoms. The summed E-state index contributed by atoms with van der Waals surface area (Å²) in [7, 11) is 0. The van der Waals surface area contributed by atoms with Gasteiger partial charge in [0.25, 0.3) is 0 Å². The van der Waals surface area contributed by atoms with Crippen molar-refractivity contribution >= 4 is 34.5 Å². The molecule has 0 radical (unpaired) electrons. The number of allylic oxidation sites excluding steroid dienone is 1. The monoisotopic (exact) mass is 469 g/mol. The highest BCUT2D eigenvalue weighted by atomic mass is 32.2. The molecule has 0 aromatic heterocycles. The summed E-state index contributed by atoms with van der Waals surface area (Å²) in [5, 5.41) is 4.80. The van der Waals surface area contributed by atoms with Crippen LogP contribution < -0.4 is 5.32 Å². The molecule has 2 heterocycles. The van der Waals surface area contributed by atoms with E-state index in [4.69, 9.17) is 4.74 Å². The molecule has 2 aliphatic heterocycles. The number of hydrogen-bond donors (Lipinski definition) is 1. The average molecular weight is 470 g/mol. The second-order valence-corrected chi connectivity index (χ2v) is 8.18. The van der Waals surface area contributed by atoms with Crippen LogP contribution in [0.15, 0.2) is 75.9 Å². The number of rotatable bonds is 6. The number of esters is 1. The van der Waals surface area contributed by atoms with Gasteiger partial charge < -0.3 is 15.0 Å².